The highest BCUT2D eigenvalue weighted by Crippen LogP contribution is 2.13. The van der Waals surface area contributed by atoms with E-state index in [-0.39, 0.29) is 18.0 Å². The molecule has 31 heavy (non-hydrogen) atoms. The van der Waals surface area contributed by atoms with Gasteiger partial charge in [-0.05, 0) is 25.8 Å². The minimum atomic E-state index is -0.233. The molecule has 0 bridgehead atoms. The number of carbonyl (C=O) groups is 2. The second-order valence-electron chi connectivity index (χ2n) is 9.25. The van der Waals surface area contributed by atoms with Gasteiger partial charge in [0.05, 0.1) is 6.54 Å². The van der Waals surface area contributed by atoms with Gasteiger partial charge in [0.1, 0.15) is 6.10 Å². The molecule has 1 amide bonds. The Hall–Kier alpha value is -1.10. The van der Waals surface area contributed by atoms with Crippen molar-refractivity contribution in [2.75, 3.05) is 26.2 Å². The molecule has 1 unspecified atom stereocenters. The third-order valence-corrected chi connectivity index (χ3v) is 6.21. The van der Waals surface area contributed by atoms with Gasteiger partial charge in [0.15, 0.2) is 0 Å². The SMILES string of the molecule is CCCCCCCCCCCC(=O)OC(CNCCCCCCC)CN1CCCC1=O. The average Bonchev–Trinajstić information content (AvgIpc) is 3.16. The van der Waals surface area contributed by atoms with Gasteiger partial charge < -0.3 is 15.0 Å². The predicted octanol–water partition coefficient (Wildman–Crippen LogP) is 6.00. The fraction of sp³-hybridized carbons (Fsp3) is 0.923. The van der Waals surface area contributed by atoms with Gasteiger partial charge in [-0.25, -0.2) is 0 Å². The second kappa shape index (κ2) is 19.6. The zero-order valence-electron chi connectivity index (χ0n) is 20.6. The standard InChI is InChI=1S/C26H50N2O3/c1-3-5-7-9-10-11-12-13-15-19-26(30)31-24(23-28-21-17-18-25(28)29)22-27-20-16-14-8-6-4-2/h24,27H,3-23H2,1-2H3. The van der Waals surface area contributed by atoms with Crippen LogP contribution < -0.4 is 5.32 Å². The number of ether oxygens (including phenoxy) is 1. The first-order valence-electron chi connectivity index (χ1n) is 13.3. The minimum Gasteiger partial charge on any atom is -0.459 e. The van der Waals surface area contributed by atoms with Crippen molar-refractivity contribution in [3.8, 4) is 0 Å². The van der Waals surface area contributed by atoms with E-state index in [1.807, 2.05) is 4.90 Å². The lowest BCUT2D eigenvalue weighted by Gasteiger charge is -2.24. The molecule has 1 N–H and O–H groups in total. The smallest absolute Gasteiger partial charge is 0.306 e. The summed E-state index contributed by atoms with van der Waals surface area (Å²) in [4.78, 5) is 26.2. The molecule has 1 rings (SSSR count). The Morgan fingerprint density at radius 2 is 1.48 bits per heavy atom. The lowest BCUT2D eigenvalue weighted by molar-refractivity contribution is -0.151. The number of nitrogens with one attached hydrogen (secondary N) is 1. The van der Waals surface area contributed by atoms with Crippen LogP contribution in [0.25, 0.3) is 0 Å². The molecular formula is C26H50N2O3. The molecule has 5 heteroatoms. The molecule has 0 spiro atoms. The molecule has 1 heterocycles. The maximum Gasteiger partial charge on any atom is 0.306 e. The first-order valence-corrected chi connectivity index (χ1v) is 13.3. The lowest BCUT2D eigenvalue weighted by atomic mass is 10.1. The van der Waals surface area contributed by atoms with Crippen molar-refractivity contribution in [3.63, 3.8) is 0 Å². The summed E-state index contributed by atoms with van der Waals surface area (Å²) in [6.45, 7) is 7.39. The molecule has 0 radical (unpaired) electrons. The van der Waals surface area contributed by atoms with Gasteiger partial charge in [-0.2, -0.15) is 0 Å². The number of esters is 1. The van der Waals surface area contributed by atoms with E-state index in [4.69, 9.17) is 4.74 Å². The monoisotopic (exact) mass is 438 g/mol. The summed E-state index contributed by atoms with van der Waals surface area (Å²) in [5, 5.41) is 3.45. The van der Waals surface area contributed by atoms with Crippen molar-refractivity contribution in [3.05, 3.63) is 0 Å². The zero-order chi connectivity index (χ0) is 22.6. The van der Waals surface area contributed by atoms with Crippen LogP contribution in [0.1, 0.15) is 123 Å². The van der Waals surface area contributed by atoms with E-state index in [1.54, 1.807) is 0 Å². The number of hydrogen-bond donors (Lipinski definition) is 1. The van der Waals surface area contributed by atoms with E-state index in [9.17, 15) is 9.59 Å². The molecule has 0 aromatic carbocycles. The number of likely N-dealkylation sites (tertiary alicyclic amines) is 1. The Morgan fingerprint density at radius 1 is 0.903 bits per heavy atom. The summed E-state index contributed by atoms with van der Waals surface area (Å²) >= 11 is 0. The molecular weight excluding hydrogens is 388 g/mol. The first-order chi connectivity index (χ1) is 15.2. The van der Waals surface area contributed by atoms with Gasteiger partial charge in [0, 0.05) is 25.9 Å². The van der Waals surface area contributed by atoms with Gasteiger partial charge in [-0.15, -0.1) is 0 Å². The van der Waals surface area contributed by atoms with E-state index >= 15 is 0 Å². The largest absolute Gasteiger partial charge is 0.459 e. The van der Waals surface area contributed by atoms with Crippen molar-refractivity contribution in [2.24, 2.45) is 0 Å². The molecule has 182 valence electrons. The Bertz CT molecular complexity index is 456. The highest BCUT2D eigenvalue weighted by Gasteiger charge is 2.25. The number of unbranched alkanes of at least 4 members (excludes halogenated alkanes) is 12. The summed E-state index contributed by atoms with van der Waals surface area (Å²) < 4.78 is 5.78. The van der Waals surface area contributed by atoms with Gasteiger partial charge >= 0.3 is 5.97 Å². The van der Waals surface area contributed by atoms with Crippen LogP contribution in [0.5, 0.6) is 0 Å². The van der Waals surface area contributed by atoms with Gasteiger partial charge in [-0.3, -0.25) is 9.59 Å². The summed E-state index contributed by atoms with van der Waals surface area (Å²) in [5.41, 5.74) is 0. The van der Waals surface area contributed by atoms with Crippen LogP contribution in [0.2, 0.25) is 0 Å². The van der Waals surface area contributed by atoms with E-state index in [1.165, 1.54) is 70.6 Å². The van der Waals surface area contributed by atoms with Crippen LogP contribution in [-0.4, -0.2) is 49.1 Å². The maximum absolute atomic E-state index is 12.4. The van der Waals surface area contributed by atoms with Crippen molar-refractivity contribution < 1.29 is 14.3 Å². The van der Waals surface area contributed by atoms with Crippen LogP contribution in [0.3, 0.4) is 0 Å². The van der Waals surface area contributed by atoms with Crippen LogP contribution >= 0.6 is 0 Å². The normalized spacial score (nSPS) is 14.9. The molecule has 1 aliphatic heterocycles. The van der Waals surface area contributed by atoms with Crippen LogP contribution in [-0.2, 0) is 14.3 Å². The topological polar surface area (TPSA) is 58.6 Å². The van der Waals surface area contributed by atoms with Gasteiger partial charge in [0.25, 0.3) is 0 Å². The number of rotatable bonds is 21. The Morgan fingerprint density at radius 3 is 2.06 bits per heavy atom. The van der Waals surface area contributed by atoms with Crippen molar-refractivity contribution in [1.29, 1.82) is 0 Å². The third-order valence-electron chi connectivity index (χ3n) is 6.21. The molecule has 1 fully saturated rings. The quantitative estimate of drug-likeness (QED) is 0.176. The van der Waals surface area contributed by atoms with Crippen molar-refractivity contribution in [1.82, 2.24) is 10.2 Å². The fourth-order valence-electron chi connectivity index (χ4n) is 4.23. The Labute approximate surface area is 192 Å². The van der Waals surface area contributed by atoms with Crippen LogP contribution in [0, 0.1) is 0 Å². The van der Waals surface area contributed by atoms with E-state index in [2.05, 4.69) is 19.2 Å². The van der Waals surface area contributed by atoms with E-state index in [0.717, 1.165) is 38.8 Å². The summed E-state index contributed by atoms with van der Waals surface area (Å²) in [5.74, 6) is 0.0869. The molecule has 0 saturated carbocycles. The second-order valence-corrected chi connectivity index (χ2v) is 9.25. The maximum atomic E-state index is 12.4. The van der Waals surface area contributed by atoms with E-state index < -0.39 is 0 Å². The fourth-order valence-corrected chi connectivity index (χ4v) is 4.23. The molecule has 1 atom stereocenters. The number of hydrogen-bond acceptors (Lipinski definition) is 4. The molecule has 0 aromatic heterocycles. The van der Waals surface area contributed by atoms with Crippen molar-refractivity contribution >= 4 is 11.9 Å². The zero-order valence-corrected chi connectivity index (χ0v) is 20.6. The predicted molar refractivity (Wildman–Crippen MR) is 129 cm³/mol. The summed E-state index contributed by atoms with van der Waals surface area (Å²) in [6, 6.07) is 0. The van der Waals surface area contributed by atoms with Crippen molar-refractivity contribution in [2.45, 2.75) is 129 Å². The number of carbonyl (C=O) groups excluding carboxylic acids is 2. The first kappa shape index (κ1) is 27.9. The molecule has 0 aliphatic carbocycles. The highest BCUT2D eigenvalue weighted by atomic mass is 16.5. The van der Waals surface area contributed by atoms with Crippen LogP contribution in [0.4, 0.5) is 0 Å². The molecule has 0 aromatic rings. The van der Waals surface area contributed by atoms with Gasteiger partial charge in [-0.1, -0.05) is 90.9 Å². The summed E-state index contributed by atoms with van der Waals surface area (Å²) in [6.07, 6.45) is 19.2. The minimum absolute atomic E-state index is 0.107. The Kier molecular flexibility index (Phi) is 17.6. The molecule has 1 aliphatic rings. The lowest BCUT2D eigenvalue weighted by Crippen LogP contribution is -2.41. The van der Waals surface area contributed by atoms with Crippen LogP contribution in [0.15, 0.2) is 0 Å². The summed E-state index contributed by atoms with van der Waals surface area (Å²) in [7, 11) is 0. The number of nitrogens with zero attached hydrogens (tertiary/aromatic N) is 1. The van der Waals surface area contributed by atoms with E-state index in [0.29, 0.717) is 25.9 Å². The third kappa shape index (κ3) is 15.4. The van der Waals surface area contributed by atoms with Gasteiger partial charge in [0.2, 0.25) is 5.91 Å². The average molecular weight is 439 g/mol. The molecule has 1 saturated heterocycles. The number of amides is 1. The highest BCUT2D eigenvalue weighted by molar-refractivity contribution is 5.78. The molecule has 5 nitrogen and oxygen atoms in total. The Balaban J connectivity index is 2.20.